The van der Waals surface area contributed by atoms with Crippen molar-refractivity contribution in [3.8, 4) is 11.4 Å². The van der Waals surface area contributed by atoms with E-state index in [1.807, 2.05) is 30.1 Å². The van der Waals surface area contributed by atoms with Crippen LogP contribution in [0.25, 0.3) is 11.4 Å². The molecule has 3 nitrogen and oxygen atoms in total. The fourth-order valence-electron chi connectivity index (χ4n) is 1.11. The largest absolute Gasteiger partial charge is 0.266 e. The molecule has 2 aromatic rings. The summed E-state index contributed by atoms with van der Waals surface area (Å²) in [5.41, 5.74) is 2.08. The van der Waals surface area contributed by atoms with Crippen LogP contribution >= 0.6 is 11.3 Å². The van der Waals surface area contributed by atoms with Crippen LogP contribution in [0.1, 0.15) is 5.01 Å². The molecule has 0 saturated carbocycles. The van der Waals surface area contributed by atoms with Gasteiger partial charge in [-0.2, -0.15) is 5.10 Å². The van der Waals surface area contributed by atoms with E-state index in [4.69, 9.17) is 0 Å². The van der Waals surface area contributed by atoms with Gasteiger partial charge >= 0.3 is 0 Å². The number of rotatable bonds is 1. The van der Waals surface area contributed by atoms with Crippen LogP contribution < -0.4 is 0 Å². The van der Waals surface area contributed by atoms with Crippen LogP contribution in [-0.4, -0.2) is 14.8 Å². The van der Waals surface area contributed by atoms with E-state index >= 15 is 0 Å². The quantitative estimate of drug-likeness (QED) is 0.669. The lowest BCUT2D eigenvalue weighted by Gasteiger charge is -1.95. The fourth-order valence-corrected chi connectivity index (χ4v) is 1.71. The highest BCUT2D eigenvalue weighted by Gasteiger charge is 2.04. The number of aromatic nitrogens is 3. The molecule has 4 heteroatoms. The van der Waals surface area contributed by atoms with Crippen molar-refractivity contribution in [3.63, 3.8) is 0 Å². The van der Waals surface area contributed by atoms with Gasteiger partial charge in [-0.05, 0) is 13.0 Å². The van der Waals surface area contributed by atoms with Gasteiger partial charge in [-0.1, -0.05) is 0 Å². The van der Waals surface area contributed by atoms with Gasteiger partial charge in [0, 0.05) is 18.6 Å². The van der Waals surface area contributed by atoms with Crippen molar-refractivity contribution >= 4 is 11.3 Å². The van der Waals surface area contributed by atoms with Gasteiger partial charge < -0.3 is 0 Å². The predicted octanol–water partition coefficient (Wildman–Crippen LogP) is 1.85. The zero-order chi connectivity index (χ0) is 8.55. The lowest BCUT2D eigenvalue weighted by Crippen LogP contribution is -1.92. The van der Waals surface area contributed by atoms with Gasteiger partial charge in [-0.3, -0.25) is 4.68 Å². The molecule has 0 unspecified atom stereocenters. The summed E-state index contributed by atoms with van der Waals surface area (Å²) in [7, 11) is 1.92. The maximum Gasteiger partial charge on any atom is 0.0995 e. The summed E-state index contributed by atoms with van der Waals surface area (Å²) in [6.45, 7) is 2.00. The van der Waals surface area contributed by atoms with Crippen LogP contribution in [0.4, 0.5) is 0 Å². The zero-order valence-corrected chi connectivity index (χ0v) is 7.80. The predicted molar refractivity (Wildman–Crippen MR) is 49.1 cm³/mol. The first-order chi connectivity index (χ1) is 5.77. The van der Waals surface area contributed by atoms with Gasteiger partial charge in [0.1, 0.15) is 0 Å². The second-order valence-electron chi connectivity index (χ2n) is 2.59. The van der Waals surface area contributed by atoms with Crippen molar-refractivity contribution < 1.29 is 0 Å². The highest BCUT2D eigenvalue weighted by atomic mass is 32.1. The van der Waals surface area contributed by atoms with E-state index in [1.165, 1.54) is 0 Å². The summed E-state index contributed by atoms with van der Waals surface area (Å²) in [6.07, 6.45) is 1.78. The molecule has 0 fully saturated rings. The first-order valence-electron chi connectivity index (χ1n) is 3.68. The molecule has 0 saturated heterocycles. The summed E-state index contributed by atoms with van der Waals surface area (Å²) in [6, 6.07) is 1.97. The molecule has 12 heavy (non-hydrogen) atoms. The van der Waals surface area contributed by atoms with E-state index in [0.29, 0.717) is 0 Å². The number of hydrogen-bond acceptors (Lipinski definition) is 3. The van der Waals surface area contributed by atoms with Gasteiger partial charge in [-0.25, -0.2) is 4.98 Å². The fraction of sp³-hybridized carbons (Fsp3) is 0.250. The number of aryl methyl sites for hydroxylation is 2. The Morgan fingerprint density at radius 3 is 2.83 bits per heavy atom. The van der Waals surface area contributed by atoms with E-state index in [1.54, 1.807) is 17.5 Å². The Morgan fingerprint density at radius 1 is 1.50 bits per heavy atom. The average Bonchev–Trinajstić information content (AvgIpc) is 2.58. The SMILES string of the molecule is Cc1nc(-c2ccnn2C)cs1. The molecule has 0 bridgehead atoms. The third kappa shape index (κ3) is 1.14. The molecule has 0 aliphatic carbocycles. The first-order valence-corrected chi connectivity index (χ1v) is 4.56. The third-order valence-electron chi connectivity index (χ3n) is 1.70. The maximum absolute atomic E-state index is 4.37. The molecule has 2 aromatic heterocycles. The number of hydrogen-bond donors (Lipinski definition) is 0. The molecule has 0 aliphatic heterocycles. The Labute approximate surface area is 74.7 Å². The summed E-state index contributed by atoms with van der Waals surface area (Å²) >= 11 is 1.66. The summed E-state index contributed by atoms with van der Waals surface area (Å²) in [4.78, 5) is 4.37. The monoisotopic (exact) mass is 179 g/mol. The number of thiazole rings is 1. The molecule has 0 aromatic carbocycles. The molecule has 2 heterocycles. The van der Waals surface area contributed by atoms with Gasteiger partial charge in [0.25, 0.3) is 0 Å². The highest BCUT2D eigenvalue weighted by molar-refractivity contribution is 7.09. The zero-order valence-electron chi connectivity index (χ0n) is 6.98. The second-order valence-corrected chi connectivity index (χ2v) is 3.65. The van der Waals surface area contributed by atoms with Crippen LogP contribution in [0.2, 0.25) is 0 Å². The first kappa shape index (κ1) is 7.49. The Kier molecular flexibility index (Phi) is 1.69. The normalized spacial score (nSPS) is 10.5. The molecule has 62 valence electrons. The van der Waals surface area contributed by atoms with E-state index in [9.17, 15) is 0 Å². The molecule has 0 aliphatic rings. The molecular formula is C8H9N3S. The van der Waals surface area contributed by atoms with E-state index in [2.05, 4.69) is 10.1 Å². The lowest BCUT2D eigenvalue weighted by atomic mass is 10.3. The lowest BCUT2D eigenvalue weighted by molar-refractivity contribution is 0.774. The minimum atomic E-state index is 1.01. The minimum absolute atomic E-state index is 1.01. The smallest absolute Gasteiger partial charge is 0.0995 e. The molecule has 0 spiro atoms. The summed E-state index contributed by atoms with van der Waals surface area (Å²) in [5, 5.41) is 7.22. The van der Waals surface area contributed by atoms with Crippen molar-refractivity contribution in [3.05, 3.63) is 22.7 Å². The Morgan fingerprint density at radius 2 is 2.33 bits per heavy atom. The van der Waals surface area contributed by atoms with Crippen LogP contribution in [0.15, 0.2) is 17.6 Å². The van der Waals surface area contributed by atoms with Crippen LogP contribution in [0.5, 0.6) is 0 Å². The summed E-state index contributed by atoms with van der Waals surface area (Å²) in [5.74, 6) is 0. The summed E-state index contributed by atoms with van der Waals surface area (Å²) < 4.78 is 1.83. The van der Waals surface area contributed by atoms with Crippen LogP contribution in [0, 0.1) is 6.92 Å². The van der Waals surface area contributed by atoms with E-state index in [0.717, 1.165) is 16.4 Å². The van der Waals surface area contributed by atoms with Crippen molar-refractivity contribution in [1.29, 1.82) is 0 Å². The van der Waals surface area contributed by atoms with Crippen molar-refractivity contribution in [1.82, 2.24) is 14.8 Å². The maximum atomic E-state index is 4.37. The number of nitrogens with zero attached hydrogens (tertiary/aromatic N) is 3. The van der Waals surface area contributed by atoms with Gasteiger partial charge in [0.2, 0.25) is 0 Å². The topological polar surface area (TPSA) is 30.7 Å². The van der Waals surface area contributed by atoms with Crippen LogP contribution in [-0.2, 0) is 7.05 Å². The van der Waals surface area contributed by atoms with Gasteiger partial charge in [0.15, 0.2) is 0 Å². The second kappa shape index (κ2) is 2.71. The van der Waals surface area contributed by atoms with Gasteiger partial charge in [-0.15, -0.1) is 11.3 Å². The highest BCUT2D eigenvalue weighted by Crippen LogP contribution is 2.19. The molecule has 0 radical (unpaired) electrons. The van der Waals surface area contributed by atoms with Crippen molar-refractivity contribution in [2.45, 2.75) is 6.92 Å². The van der Waals surface area contributed by atoms with Crippen molar-refractivity contribution in [2.75, 3.05) is 0 Å². The van der Waals surface area contributed by atoms with E-state index in [-0.39, 0.29) is 0 Å². The Balaban J connectivity index is 2.50. The Hall–Kier alpha value is -1.16. The minimum Gasteiger partial charge on any atom is -0.266 e. The molecule has 0 N–H and O–H groups in total. The third-order valence-corrected chi connectivity index (χ3v) is 2.48. The van der Waals surface area contributed by atoms with Crippen LogP contribution in [0.3, 0.4) is 0 Å². The average molecular weight is 179 g/mol. The van der Waals surface area contributed by atoms with E-state index < -0.39 is 0 Å². The molecule has 0 amide bonds. The molecule has 2 rings (SSSR count). The van der Waals surface area contributed by atoms with Crippen molar-refractivity contribution in [2.24, 2.45) is 7.05 Å². The van der Waals surface area contributed by atoms with Gasteiger partial charge in [0.05, 0.1) is 16.4 Å². The standard InChI is InChI=1S/C8H9N3S/c1-6-10-7(5-12-6)8-3-4-9-11(8)2/h3-5H,1-2H3. The Bertz CT molecular complexity index is 388. The molecule has 0 atom stereocenters. The molecular weight excluding hydrogens is 170 g/mol.